The topological polar surface area (TPSA) is 55.1 Å². The quantitative estimate of drug-likeness (QED) is 0.684. The van der Waals surface area contributed by atoms with E-state index in [1.54, 1.807) is 0 Å². The van der Waals surface area contributed by atoms with Crippen LogP contribution in [-0.2, 0) is 4.79 Å². The number of nitrogens with two attached hydrogens (primary N) is 1. The van der Waals surface area contributed by atoms with Crippen LogP contribution in [0.15, 0.2) is 59.5 Å². The van der Waals surface area contributed by atoms with Crippen LogP contribution < -0.4 is 11.1 Å². The minimum Gasteiger partial charge on any atom is -0.349 e. The van der Waals surface area contributed by atoms with Gasteiger partial charge in [0.15, 0.2) is 0 Å². The highest BCUT2D eigenvalue weighted by Crippen LogP contribution is 2.23. The van der Waals surface area contributed by atoms with Crippen molar-refractivity contribution in [1.82, 2.24) is 5.32 Å². The van der Waals surface area contributed by atoms with Crippen molar-refractivity contribution >= 4 is 30.1 Å². The summed E-state index contributed by atoms with van der Waals surface area (Å²) in [7, 11) is 0. The molecule has 0 aromatic heterocycles. The smallest absolute Gasteiger partial charge is 0.225 e. The maximum absolute atomic E-state index is 12.5. The van der Waals surface area contributed by atoms with E-state index in [-0.39, 0.29) is 36.3 Å². The zero-order valence-electron chi connectivity index (χ0n) is 14.9. The van der Waals surface area contributed by atoms with Crippen molar-refractivity contribution in [3.63, 3.8) is 0 Å². The van der Waals surface area contributed by atoms with Crippen LogP contribution in [-0.4, -0.2) is 11.7 Å². The van der Waals surface area contributed by atoms with Gasteiger partial charge in [-0.05, 0) is 35.9 Å². The summed E-state index contributed by atoms with van der Waals surface area (Å²) in [6.07, 6.45) is 0. The molecule has 0 fully saturated rings. The van der Waals surface area contributed by atoms with E-state index in [1.165, 1.54) is 4.90 Å². The number of carbonyl (C=O) groups excluding carboxylic acids is 1. The van der Waals surface area contributed by atoms with Gasteiger partial charge in [-0.25, -0.2) is 0 Å². The number of halogens is 1. The van der Waals surface area contributed by atoms with Gasteiger partial charge in [-0.1, -0.05) is 56.3 Å². The van der Waals surface area contributed by atoms with E-state index >= 15 is 0 Å². The van der Waals surface area contributed by atoms with Gasteiger partial charge in [0.05, 0.1) is 12.0 Å². The summed E-state index contributed by atoms with van der Waals surface area (Å²) in [6.45, 7) is 6.01. The lowest BCUT2D eigenvalue weighted by Crippen LogP contribution is -2.36. The van der Waals surface area contributed by atoms with E-state index in [9.17, 15) is 4.79 Å². The summed E-state index contributed by atoms with van der Waals surface area (Å²) in [5.74, 6) is 0.746. The molecular formula is C20H27ClN2OS. The van der Waals surface area contributed by atoms with Crippen LogP contribution in [0.1, 0.15) is 44.0 Å². The highest BCUT2D eigenvalue weighted by molar-refractivity contribution is 7.99. The molecule has 0 bridgehead atoms. The molecule has 0 heterocycles. The summed E-state index contributed by atoms with van der Waals surface area (Å²) in [5.41, 5.74) is 8.32. The van der Waals surface area contributed by atoms with Crippen LogP contribution in [0.5, 0.6) is 0 Å². The van der Waals surface area contributed by atoms with Crippen molar-refractivity contribution in [2.24, 2.45) is 11.7 Å². The van der Waals surface area contributed by atoms with Crippen molar-refractivity contribution in [1.29, 1.82) is 0 Å². The minimum absolute atomic E-state index is 0. The molecule has 136 valence electrons. The van der Waals surface area contributed by atoms with Gasteiger partial charge in [-0.3, -0.25) is 4.79 Å². The van der Waals surface area contributed by atoms with Crippen molar-refractivity contribution in [3.8, 4) is 0 Å². The summed E-state index contributed by atoms with van der Waals surface area (Å²) in [4.78, 5) is 13.8. The molecule has 1 amide bonds. The lowest BCUT2D eigenvalue weighted by molar-refractivity contribution is -0.125. The predicted molar refractivity (Wildman–Crippen MR) is 109 cm³/mol. The molecular weight excluding hydrogens is 352 g/mol. The zero-order chi connectivity index (χ0) is 17.5. The van der Waals surface area contributed by atoms with E-state index < -0.39 is 0 Å². The summed E-state index contributed by atoms with van der Waals surface area (Å²) in [6, 6.07) is 17.8. The maximum Gasteiger partial charge on any atom is 0.225 e. The molecule has 3 nitrogen and oxygen atoms in total. The first-order valence-corrected chi connectivity index (χ1v) is 9.35. The fourth-order valence-electron chi connectivity index (χ4n) is 2.57. The first-order valence-electron chi connectivity index (χ1n) is 8.36. The minimum atomic E-state index is -0.304. The third-order valence-corrected chi connectivity index (χ3v) is 5.08. The second-order valence-corrected chi connectivity index (χ2v) is 7.29. The summed E-state index contributed by atoms with van der Waals surface area (Å²) >= 11 is 1.81. The average molecular weight is 379 g/mol. The molecule has 3 unspecified atom stereocenters. The predicted octanol–water partition coefficient (Wildman–Crippen LogP) is 4.73. The fraction of sp³-hybridized carbons (Fsp3) is 0.350. The Morgan fingerprint density at radius 3 is 2.20 bits per heavy atom. The number of nitrogens with one attached hydrogen (secondary N) is 1. The Balaban J connectivity index is 0.00000312. The molecule has 0 spiro atoms. The van der Waals surface area contributed by atoms with Crippen LogP contribution in [0.4, 0.5) is 0 Å². The molecule has 2 rings (SSSR count). The molecule has 0 saturated heterocycles. The molecule has 2 aromatic rings. The molecule has 25 heavy (non-hydrogen) atoms. The van der Waals surface area contributed by atoms with Crippen molar-refractivity contribution in [2.75, 3.05) is 5.75 Å². The van der Waals surface area contributed by atoms with Crippen LogP contribution in [0.3, 0.4) is 0 Å². The Morgan fingerprint density at radius 2 is 1.64 bits per heavy atom. The average Bonchev–Trinajstić information content (AvgIpc) is 2.62. The van der Waals surface area contributed by atoms with Gasteiger partial charge >= 0.3 is 0 Å². The number of hydrogen-bond acceptors (Lipinski definition) is 3. The van der Waals surface area contributed by atoms with Gasteiger partial charge in [0.1, 0.15) is 0 Å². The van der Waals surface area contributed by atoms with E-state index in [0.29, 0.717) is 0 Å². The first kappa shape index (κ1) is 21.6. The molecule has 0 saturated carbocycles. The first-order chi connectivity index (χ1) is 11.5. The van der Waals surface area contributed by atoms with Gasteiger partial charge in [0.25, 0.3) is 0 Å². The van der Waals surface area contributed by atoms with Crippen molar-refractivity contribution in [3.05, 3.63) is 65.7 Å². The molecule has 5 heteroatoms. The van der Waals surface area contributed by atoms with Gasteiger partial charge in [0.2, 0.25) is 5.91 Å². The second kappa shape index (κ2) is 10.5. The van der Waals surface area contributed by atoms with Gasteiger partial charge in [-0.15, -0.1) is 24.2 Å². The lowest BCUT2D eigenvalue weighted by atomic mass is 9.94. The van der Waals surface area contributed by atoms with Gasteiger partial charge < -0.3 is 11.1 Å². The number of amides is 1. The number of thioether (sulfide) groups is 1. The number of hydrogen-bond donors (Lipinski definition) is 2. The third kappa shape index (κ3) is 6.07. The summed E-state index contributed by atoms with van der Waals surface area (Å²) in [5, 5.41) is 3.07. The standard InChI is InChI=1S/C20H26N2OS.ClH/c1-4-24-18-12-10-16(11-13-18)15(3)22-20(23)14(2)19(21)17-8-6-5-7-9-17;/h5-15,19H,4,21H2,1-3H3,(H,22,23);1H. The Kier molecular flexibility index (Phi) is 9.04. The number of rotatable bonds is 7. The van der Waals surface area contributed by atoms with E-state index in [1.807, 2.05) is 55.9 Å². The second-order valence-electron chi connectivity index (χ2n) is 5.96. The highest BCUT2D eigenvalue weighted by Gasteiger charge is 2.23. The largest absolute Gasteiger partial charge is 0.349 e. The number of benzene rings is 2. The van der Waals surface area contributed by atoms with Gasteiger partial charge in [0, 0.05) is 10.9 Å². The van der Waals surface area contributed by atoms with Crippen LogP contribution in [0, 0.1) is 5.92 Å². The molecule has 3 N–H and O–H groups in total. The van der Waals surface area contributed by atoms with Crippen molar-refractivity contribution in [2.45, 2.75) is 37.8 Å². The normalized spacial score (nSPS) is 14.1. The molecule has 0 radical (unpaired) electrons. The molecule has 0 aliphatic carbocycles. The van der Waals surface area contributed by atoms with E-state index in [0.717, 1.165) is 16.9 Å². The Bertz CT molecular complexity index is 649. The molecule has 2 aromatic carbocycles. The summed E-state index contributed by atoms with van der Waals surface area (Å²) < 4.78 is 0. The lowest BCUT2D eigenvalue weighted by Gasteiger charge is -2.22. The monoisotopic (exact) mass is 378 g/mol. The Hall–Kier alpha value is -1.49. The van der Waals surface area contributed by atoms with Crippen LogP contribution in [0.25, 0.3) is 0 Å². The van der Waals surface area contributed by atoms with Gasteiger partial charge in [-0.2, -0.15) is 0 Å². The molecule has 0 aliphatic rings. The SMILES string of the molecule is CCSc1ccc(C(C)NC(=O)C(C)C(N)c2ccccc2)cc1.Cl. The van der Waals surface area contributed by atoms with E-state index in [2.05, 4.69) is 36.5 Å². The Labute approximate surface area is 161 Å². The zero-order valence-corrected chi connectivity index (χ0v) is 16.6. The van der Waals surface area contributed by atoms with Crippen LogP contribution in [0.2, 0.25) is 0 Å². The van der Waals surface area contributed by atoms with Crippen molar-refractivity contribution < 1.29 is 4.79 Å². The third-order valence-electron chi connectivity index (χ3n) is 4.19. The number of carbonyl (C=O) groups is 1. The fourth-order valence-corrected chi connectivity index (χ4v) is 3.24. The molecule has 3 atom stereocenters. The Morgan fingerprint density at radius 1 is 1.04 bits per heavy atom. The van der Waals surface area contributed by atoms with E-state index in [4.69, 9.17) is 5.73 Å². The van der Waals surface area contributed by atoms with Crippen LogP contribution >= 0.6 is 24.2 Å². The maximum atomic E-state index is 12.5. The molecule has 0 aliphatic heterocycles. The highest BCUT2D eigenvalue weighted by atomic mass is 35.5.